The van der Waals surface area contributed by atoms with Crippen LogP contribution in [0.4, 0.5) is 0 Å². The number of thiophene rings is 2. The highest BCUT2D eigenvalue weighted by atomic mass is 79.9. The molecular weight excluding hydrogens is 1030 g/mol. The van der Waals surface area contributed by atoms with Crippen molar-refractivity contribution in [3.63, 3.8) is 0 Å². The predicted octanol–water partition coefficient (Wildman–Crippen LogP) is 21.0. The summed E-state index contributed by atoms with van der Waals surface area (Å²) in [6.45, 7) is 0. The van der Waals surface area contributed by atoms with E-state index >= 15 is 0 Å². The lowest BCUT2D eigenvalue weighted by molar-refractivity contribution is 1.18. The lowest BCUT2D eigenvalue weighted by Crippen LogP contribution is -1.96. The van der Waals surface area contributed by atoms with E-state index in [1.165, 1.54) is 84.4 Å². The van der Waals surface area contributed by atoms with Crippen molar-refractivity contribution in [3.8, 4) is 73.0 Å². The third kappa shape index (κ3) is 8.37. The van der Waals surface area contributed by atoms with Gasteiger partial charge >= 0.3 is 0 Å². The van der Waals surface area contributed by atoms with Crippen molar-refractivity contribution >= 4 is 101 Å². The van der Waals surface area contributed by atoms with E-state index < -0.39 is 0 Å². The molecule has 0 radical (unpaired) electrons. The van der Waals surface area contributed by atoms with Crippen molar-refractivity contribution in [2.75, 3.05) is 0 Å². The summed E-state index contributed by atoms with van der Waals surface area (Å²) in [5.41, 5.74) is 15.7. The molecule has 0 fully saturated rings. The Morgan fingerprint density at radius 1 is 0.316 bits per heavy atom. The van der Waals surface area contributed by atoms with Crippen LogP contribution in [-0.2, 0) is 0 Å². The Bertz CT molecular complexity index is 4620. The van der Waals surface area contributed by atoms with Crippen LogP contribution in [0.3, 0.4) is 0 Å². The van der Waals surface area contributed by atoms with Gasteiger partial charge in [-0.3, -0.25) is 0 Å². The average Bonchev–Trinajstić information content (AvgIpc) is 4.21. The van der Waals surface area contributed by atoms with Crippen LogP contribution in [0.15, 0.2) is 271 Å². The number of hydrogen-bond donors (Lipinski definition) is 0. The van der Waals surface area contributed by atoms with Crippen molar-refractivity contribution in [2.24, 2.45) is 0 Å². The van der Waals surface area contributed by atoms with Gasteiger partial charge in [0.25, 0.3) is 0 Å². The molecule has 15 rings (SSSR count). The maximum Gasteiger partial charge on any atom is 0.160 e. The number of para-hydroxylation sites is 1. The Balaban J connectivity index is 0.000000225. The van der Waals surface area contributed by atoms with Gasteiger partial charge in [-0.1, -0.05) is 216 Å². The second-order valence-corrected chi connectivity index (χ2v) is 22.0. The standard InChI is InChI=1S/C52H33N3S.C18H11BrS.H2/c1-3-14-34(15-4-1)46-33-47(35-16-5-2-6-17-35)54-52(53-46)39-20-11-18-36(30-39)37-28-29-49-45(32-37)42-22-7-9-26-48(42)55(49)40-21-12-19-38(31-40)41-24-13-25-44-43-23-8-10-27-50(43)56-51(41)44;19-13-6-3-5-12(11-13)14-8-4-9-16-15-7-1-2-10-17(15)20-18(14)16;/h1-33H;1-11H;1H. The zero-order chi connectivity index (χ0) is 50.5. The highest BCUT2D eigenvalue weighted by molar-refractivity contribution is 9.10. The van der Waals surface area contributed by atoms with E-state index in [9.17, 15) is 0 Å². The lowest BCUT2D eigenvalue weighted by atomic mass is 10.00. The van der Waals surface area contributed by atoms with Crippen molar-refractivity contribution in [1.29, 1.82) is 0 Å². The van der Waals surface area contributed by atoms with Gasteiger partial charge in [-0.05, 0) is 100 Å². The van der Waals surface area contributed by atoms with Crippen molar-refractivity contribution in [1.82, 2.24) is 14.5 Å². The van der Waals surface area contributed by atoms with Gasteiger partial charge in [0.2, 0.25) is 0 Å². The molecule has 0 amide bonds. The van der Waals surface area contributed by atoms with Crippen LogP contribution < -0.4 is 0 Å². The summed E-state index contributed by atoms with van der Waals surface area (Å²) in [4.78, 5) is 10.2. The van der Waals surface area contributed by atoms with E-state index in [0.717, 1.165) is 49.4 Å². The Morgan fingerprint density at radius 2 is 0.789 bits per heavy atom. The summed E-state index contributed by atoms with van der Waals surface area (Å²) in [6, 6.07) is 95.1. The predicted molar refractivity (Wildman–Crippen MR) is 331 cm³/mol. The van der Waals surface area contributed by atoms with Crippen LogP contribution in [0.2, 0.25) is 0 Å². The molecule has 0 aliphatic carbocycles. The van der Waals surface area contributed by atoms with E-state index in [1.54, 1.807) is 0 Å². The highest BCUT2D eigenvalue weighted by Gasteiger charge is 2.17. The number of fused-ring (bicyclic) bond motifs is 9. The van der Waals surface area contributed by atoms with Crippen LogP contribution in [-0.4, -0.2) is 14.5 Å². The molecule has 0 spiro atoms. The Labute approximate surface area is 457 Å². The first-order chi connectivity index (χ1) is 37.6. The number of hydrogen-bond acceptors (Lipinski definition) is 4. The molecule has 3 nitrogen and oxygen atoms in total. The first-order valence-corrected chi connectivity index (χ1v) is 27.8. The molecule has 76 heavy (non-hydrogen) atoms. The fourth-order valence-corrected chi connectivity index (χ4v) is 13.7. The quantitative estimate of drug-likeness (QED) is 0.159. The van der Waals surface area contributed by atoms with E-state index in [0.29, 0.717) is 5.82 Å². The fourth-order valence-electron chi connectivity index (χ4n) is 10.8. The number of benzene rings is 11. The van der Waals surface area contributed by atoms with Crippen molar-refractivity contribution in [2.45, 2.75) is 0 Å². The Morgan fingerprint density at radius 3 is 1.43 bits per heavy atom. The molecule has 4 aromatic heterocycles. The number of aromatic nitrogens is 3. The molecule has 0 atom stereocenters. The summed E-state index contributed by atoms with van der Waals surface area (Å²) in [5, 5.41) is 7.78. The second-order valence-electron chi connectivity index (χ2n) is 19.0. The molecular formula is C70H46BrN3S2. The molecule has 0 N–H and O–H groups in total. The van der Waals surface area contributed by atoms with Gasteiger partial charge in [-0.25, -0.2) is 9.97 Å². The van der Waals surface area contributed by atoms with Crippen LogP contribution in [0.25, 0.3) is 135 Å². The summed E-state index contributed by atoms with van der Waals surface area (Å²) in [6.07, 6.45) is 0. The van der Waals surface area contributed by atoms with Crippen molar-refractivity contribution < 1.29 is 1.43 Å². The molecule has 0 aliphatic rings. The molecule has 360 valence electrons. The second kappa shape index (κ2) is 19.5. The maximum atomic E-state index is 5.10. The molecule has 0 aliphatic heterocycles. The van der Waals surface area contributed by atoms with Gasteiger partial charge in [0.15, 0.2) is 5.82 Å². The lowest BCUT2D eigenvalue weighted by Gasteiger charge is -2.12. The third-order valence-corrected chi connectivity index (χ3v) is 17.3. The maximum absolute atomic E-state index is 5.10. The minimum absolute atomic E-state index is 0. The van der Waals surface area contributed by atoms with Crippen LogP contribution in [0, 0.1) is 0 Å². The van der Waals surface area contributed by atoms with E-state index in [1.807, 2.05) is 34.8 Å². The minimum Gasteiger partial charge on any atom is -0.309 e. The SMILES string of the molecule is Brc1cccc(-c2cccc3c2sc2ccccc23)c1.[HH].c1ccc(-c2cc(-c3ccccc3)nc(-c3cccc(-c4ccc5c(c4)c4ccccc4n5-c4cccc(-c5cccc6c5sc5ccccc56)c4)c3)n2)cc1. The van der Waals surface area contributed by atoms with Gasteiger partial charge in [-0.15, -0.1) is 22.7 Å². The zero-order valence-electron chi connectivity index (χ0n) is 40.9. The molecule has 6 heteroatoms. The first kappa shape index (κ1) is 45.8. The van der Waals surface area contributed by atoms with E-state index in [-0.39, 0.29) is 1.43 Å². The van der Waals surface area contributed by atoms with Crippen LogP contribution >= 0.6 is 38.6 Å². The summed E-state index contributed by atoms with van der Waals surface area (Å²) in [5.74, 6) is 0.705. The molecule has 0 unspecified atom stereocenters. The molecule has 0 bridgehead atoms. The Kier molecular flexibility index (Phi) is 11.7. The number of nitrogens with zero attached hydrogens (tertiary/aromatic N) is 3. The van der Waals surface area contributed by atoms with E-state index in [2.05, 4.69) is 275 Å². The fraction of sp³-hybridized carbons (Fsp3) is 0. The molecule has 0 saturated carbocycles. The number of rotatable bonds is 7. The van der Waals surface area contributed by atoms with Crippen molar-refractivity contribution in [3.05, 3.63) is 271 Å². The zero-order valence-corrected chi connectivity index (χ0v) is 44.2. The summed E-state index contributed by atoms with van der Waals surface area (Å²) < 4.78 is 8.89. The van der Waals surface area contributed by atoms with Crippen LogP contribution in [0.1, 0.15) is 1.43 Å². The molecule has 4 heterocycles. The monoisotopic (exact) mass is 1070 g/mol. The molecule has 11 aromatic carbocycles. The topological polar surface area (TPSA) is 30.7 Å². The summed E-state index contributed by atoms with van der Waals surface area (Å²) >= 11 is 7.31. The van der Waals surface area contributed by atoms with Gasteiger partial charge in [-0.2, -0.15) is 0 Å². The third-order valence-electron chi connectivity index (χ3n) is 14.4. The van der Waals surface area contributed by atoms with Gasteiger partial charge in [0.05, 0.1) is 22.4 Å². The first-order valence-electron chi connectivity index (χ1n) is 25.4. The van der Waals surface area contributed by atoms with Gasteiger partial charge in [0.1, 0.15) is 0 Å². The largest absolute Gasteiger partial charge is 0.309 e. The number of halogens is 1. The molecule has 0 saturated heterocycles. The highest BCUT2D eigenvalue weighted by Crippen LogP contribution is 2.43. The summed E-state index contributed by atoms with van der Waals surface area (Å²) in [7, 11) is 0. The average molecular weight is 1070 g/mol. The molecule has 15 aromatic rings. The van der Waals surface area contributed by atoms with Gasteiger partial charge in [0, 0.05) is 79.4 Å². The minimum atomic E-state index is 0. The smallest absolute Gasteiger partial charge is 0.160 e. The normalized spacial score (nSPS) is 11.5. The van der Waals surface area contributed by atoms with Crippen LogP contribution in [0.5, 0.6) is 0 Å². The Hall–Kier alpha value is -8.78. The van der Waals surface area contributed by atoms with E-state index in [4.69, 9.17) is 9.97 Å². The van der Waals surface area contributed by atoms with Gasteiger partial charge < -0.3 is 4.57 Å².